The standard InChI is InChI=1S/C23H26FN7O2/c1-23(2,3)31-14-17(12-26-31)28-22(32)27-16-5-6-21(20(24)11-16)33-19-7-9-30(10-8-19)18-13-25-29(4)15-18/h5-9,11-15H,10H2,1-4H3,(H2,27,28,32). The van der Waals surface area contributed by atoms with Crippen molar-refractivity contribution in [2.75, 3.05) is 22.1 Å². The summed E-state index contributed by atoms with van der Waals surface area (Å²) in [4.78, 5) is 14.3. The Bertz CT molecular complexity index is 1220. The lowest BCUT2D eigenvalue weighted by atomic mass is 10.1. The molecule has 1 aromatic carbocycles. The van der Waals surface area contributed by atoms with Crippen LogP contribution in [0, 0.1) is 5.82 Å². The van der Waals surface area contributed by atoms with E-state index in [9.17, 15) is 9.18 Å². The Kier molecular flexibility index (Phi) is 5.91. The van der Waals surface area contributed by atoms with E-state index in [4.69, 9.17) is 4.74 Å². The van der Waals surface area contributed by atoms with E-state index in [-0.39, 0.29) is 11.3 Å². The third kappa shape index (κ3) is 5.40. The number of benzene rings is 1. The third-order valence-electron chi connectivity index (χ3n) is 4.88. The number of allylic oxidation sites excluding steroid dienone is 1. The molecule has 0 fully saturated rings. The molecule has 1 aliphatic heterocycles. The number of anilines is 3. The molecule has 0 radical (unpaired) electrons. The molecule has 9 nitrogen and oxygen atoms in total. The summed E-state index contributed by atoms with van der Waals surface area (Å²) in [6.45, 7) is 6.59. The van der Waals surface area contributed by atoms with E-state index in [1.807, 2.05) is 51.2 Å². The summed E-state index contributed by atoms with van der Waals surface area (Å²) in [6.07, 6.45) is 12.4. The van der Waals surface area contributed by atoms with E-state index < -0.39 is 11.8 Å². The highest BCUT2D eigenvalue weighted by molar-refractivity contribution is 5.99. The van der Waals surface area contributed by atoms with Crippen molar-refractivity contribution < 1.29 is 13.9 Å². The minimum atomic E-state index is -0.586. The first-order valence-corrected chi connectivity index (χ1v) is 10.4. The molecule has 33 heavy (non-hydrogen) atoms. The highest BCUT2D eigenvalue weighted by atomic mass is 19.1. The van der Waals surface area contributed by atoms with Gasteiger partial charge in [0.25, 0.3) is 0 Å². The number of rotatable bonds is 5. The number of ether oxygens (including phenoxy) is 1. The van der Waals surface area contributed by atoms with Crippen LogP contribution in [0.25, 0.3) is 0 Å². The van der Waals surface area contributed by atoms with Gasteiger partial charge in [-0.05, 0) is 45.1 Å². The zero-order valence-electron chi connectivity index (χ0n) is 18.9. The Labute approximate surface area is 191 Å². The van der Waals surface area contributed by atoms with Gasteiger partial charge >= 0.3 is 6.03 Å². The Hall–Kier alpha value is -4.08. The van der Waals surface area contributed by atoms with Crippen LogP contribution < -0.4 is 20.3 Å². The summed E-state index contributed by atoms with van der Waals surface area (Å²) in [5.41, 5.74) is 1.60. The van der Waals surface area contributed by atoms with E-state index in [1.165, 1.54) is 12.1 Å². The molecule has 1 aliphatic rings. The van der Waals surface area contributed by atoms with Gasteiger partial charge in [0.1, 0.15) is 5.76 Å². The van der Waals surface area contributed by atoms with Gasteiger partial charge in [-0.15, -0.1) is 0 Å². The first-order chi connectivity index (χ1) is 15.7. The van der Waals surface area contributed by atoms with E-state index in [0.29, 0.717) is 23.7 Å². The summed E-state index contributed by atoms with van der Waals surface area (Å²) in [7, 11) is 1.85. The number of nitrogens with one attached hydrogen (secondary N) is 2. The van der Waals surface area contributed by atoms with Crippen molar-refractivity contribution in [3.8, 4) is 5.75 Å². The molecular formula is C23H26FN7O2. The van der Waals surface area contributed by atoms with Crippen LogP contribution in [-0.2, 0) is 12.6 Å². The number of carbonyl (C=O) groups excluding carboxylic acids is 1. The van der Waals surface area contributed by atoms with Gasteiger partial charge in [-0.1, -0.05) is 0 Å². The van der Waals surface area contributed by atoms with Crippen molar-refractivity contribution in [2.45, 2.75) is 26.3 Å². The van der Waals surface area contributed by atoms with Crippen molar-refractivity contribution in [1.82, 2.24) is 19.6 Å². The largest absolute Gasteiger partial charge is 0.455 e. The number of halogens is 1. The molecule has 0 unspecified atom stereocenters. The fraction of sp³-hybridized carbons (Fsp3) is 0.261. The number of amides is 2. The van der Waals surface area contributed by atoms with Crippen LogP contribution in [0.5, 0.6) is 5.75 Å². The van der Waals surface area contributed by atoms with Crippen molar-refractivity contribution in [3.05, 3.63) is 72.9 Å². The van der Waals surface area contributed by atoms with E-state index in [1.54, 1.807) is 40.1 Å². The normalized spacial score (nSPS) is 13.6. The molecule has 172 valence electrons. The van der Waals surface area contributed by atoms with Crippen molar-refractivity contribution in [3.63, 3.8) is 0 Å². The molecule has 0 saturated heterocycles. The number of urea groups is 1. The lowest BCUT2D eigenvalue weighted by Crippen LogP contribution is -2.22. The molecule has 2 N–H and O–H groups in total. The highest BCUT2D eigenvalue weighted by Gasteiger charge is 2.16. The van der Waals surface area contributed by atoms with Gasteiger partial charge in [-0.25, -0.2) is 9.18 Å². The minimum absolute atomic E-state index is 0.0677. The van der Waals surface area contributed by atoms with E-state index >= 15 is 0 Å². The number of aryl methyl sites for hydroxylation is 1. The summed E-state index contributed by atoms with van der Waals surface area (Å²) in [6, 6.07) is 3.77. The summed E-state index contributed by atoms with van der Waals surface area (Å²) in [5, 5.41) is 13.7. The Morgan fingerprint density at radius 3 is 2.52 bits per heavy atom. The number of nitrogens with zero attached hydrogens (tertiary/aromatic N) is 5. The average molecular weight is 452 g/mol. The van der Waals surface area contributed by atoms with Gasteiger partial charge in [0.2, 0.25) is 0 Å². The second-order valence-electron chi connectivity index (χ2n) is 8.62. The van der Waals surface area contributed by atoms with Gasteiger partial charge in [0.15, 0.2) is 11.6 Å². The van der Waals surface area contributed by atoms with Gasteiger partial charge < -0.3 is 20.3 Å². The minimum Gasteiger partial charge on any atom is -0.455 e. The maximum Gasteiger partial charge on any atom is 0.323 e. The molecule has 0 spiro atoms. The van der Waals surface area contributed by atoms with Gasteiger partial charge in [-0.2, -0.15) is 10.2 Å². The van der Waals surface area contributed by atoms with Crippen molar-refractivity contribution in [1.29, 1.82) is 0 Å². The van der Waals surface area contributed by atoms with Crippen LogP contribution in [0.15, 0.2) is 67.1 Å². The zero-order chi connectivity index (χ0) is 23.6. The highest BCUT2D eigenvalue weighted by Crippen LogP contribution is 2.25. The molecular weight excluding hydrogens is 425 g/mol. The quantitative estimate of drug-likeness (QED) is 0.598. The average Bonchev–Trinajstić information content (AvgIpc) is 3.39. The molecule has 0 aliphatic carbocycles. The second kappa shape index (κ2) is 8.81. The number of hydrogen-bond donors (Lipinski definition) is 2. The topological polar surface area (TPSA) is 89.2 Å². The van der Waals surface area contributed by atoms with Crippen LogP contribution in [0.4, 0.5) is 26.2 Å². The molecule has 0 atom stereocenters. The van der Waals surface area contributed by atoms with Crippen LogP contribution in [0.3, 0.4) is 0 Å². The Balaban J connectivity index is 1.33. The predicted octanol–water partition coefficient (Wildman–Crippen LogP) is 4.45. The van der Waals surface area contributed by atoms with Gasteiger partial charge in [-0.3, -0.25) is 9.36 Å². The van der Waals surface area contributed by atoms with Crippen LogP contribution in [-0.4, -0.2) is 32.1 Å². The van der Waals surface area contributed by atoms with E-state index in [0.717, 1.165) is 5.69 Å². The molecule has 0 saturated carbocycles. The van der Waals surface area contributed by atoms with Crippen LogP contribution >= 0.6 is 0 Å². The van der Waals surface area contributed by atoms with Crippen LogP contribution in [0.1, 0.15) is 20.8 Å². The molecule has 3 heterocycles. The van der Waals surface area contributed by atoms with Crippen LogP contribution in [0.2, 0.25) is 0 Å². The first-order valence-electron chi connectivity index (χ1n) is 10.4. The SMILES string of the molecule is Cn1cc(N2C=CC(Oc3ccc(NC(=O)Nc4cnn(C(C)(C)C)c4)cc3F)=CC2)cn1. The van der Waals surface area contributed by atoms with Crippen molar-refractivity contribution >= 4 is 23.1 Å². The lowest BCUT2D eigenvalue weighted by molar-refractivity contribution is 0.262. The van der Waals surface area contributed by atoms with Crippen molar-refractivity contribution in [2.24, 2.45) is 7.05 Å². The maximum absolute atomic E-state index is 14.6. The molecule has 2 amide bonds. The second-order valence-corrected chi connectivity index (χ2v) is 8.62. The Morgan fingerprint density at radius 1 is 1.12 bits per heavy atom. The fourth-order valence-electron chi connectivity index (χ4n) is 3.14. The zero-order valence-corrected chi connectivity index (χ0v) is 18.9. The molecule has 3 aromatic rings. The molecule has 2 aromatic heterocycles. The van der Waals surface area contributed by atoms with Gasteiger partial charge in [0, 0.05) is 43.9 Å². The van der Waals surface area contributed by atoms with Gasteiger partial charge in [0.05, 0.1) is 29.3 Å². The predicted molar refractivity (Wildman–Crippen MR) is 125 cm³/mol. The monoisotopic (exact) mass is 451 g/mol. The first kappa shape index (κ1) is 22.1. The molecule has 4 rings (SSSR count). The number of hydrogen-bond acceptors (Lipinski definition) is 5. The fourth-order valence-corrected chi connectivity index (χ4v) is 3.14. The summed E-state index contributed by atoms with van der Waals surface area (Å²) in [5.74, 6) is 0.0128. The smallest absolute Gasteiger partial charge is 0.323 e. The number of carbonyl (C=O) groups is 1. The lowest BCUT2D eigenvalue weighted by Gasteiger charge is -2.21. The third-order valence-corrected chi connectivity index (χ3v) is 4.88. The number of aromatic nitrogens is 4. The summed E-state index contributed by atoms with van der Waals surface area (Å²) >= 11 is 0. The molecule has 0 bridgehead atoms. The van der Waals surface area contributed by atoms with E-state index in [2.05, 4.69) is 20.8 Å². The summed E-state index contributed by atoms with van der Waals surface area (Å²) < 4.78 is 23.7. The maximum atomic E-state index is 14.6. The Morgan fingerprint density at radius 2 is 1.91 bits per heavy atom. The molecule has 10 heteroatoms.